The van der Waals surface area contributed by atoms with Crippen LogP contribution in [0.3, 0.4) is 0 Å². The van der Waals surface area contributed by atoms with E-state index in [4.69, 9.17) is 9.47 Å². The van der Waals surface area contributed by atoms with Crippen LogP contribution in [0.4, 0.5) is 4.79 Å². The van der Waals surface area contributed by atoms with Crippen LogP contribution in [-0.4, -0.2) is 80.7 Å². The van der Waals surface area contributed by atoms with Crippen molar-refractivity contribution < 1.29 is 19.4 Å². The molecule has 0 spiro atoms. The molecule has 0 saturated carbocycles. The van der Waals surface area contributed by atoms with Crippen LogP contribution in [0.15, 0.2) is 0 Å². The Balaban J connectivity index is 2.34. The average molecular weight is 232 g/mol. The summed E-state index contributed by atoms with van der Waals surface area (Å²) in [5.41, 5.74) is 0. The maximum absolute atomic E-state index is 11.9. The first-order valence-corrected chi connectivity index (χ1v) is 5.40. The summed E-state index contributed by atoms with van der Waals surface area (Å²) in [5, 5.41) is 9.50. The second kappa shape index (κ2) is 6.67. The van der Waals surface area contributed by atoms with E-state index in [1.807, 2.05) is 0 Å². The highest BCUT2D eigenvalue weighted by molar-refractivity contribution is 5.74. The Morgan fingerprint density at radius 3 is 2.75 bits per heavy atom. The van der Waals surface area contributed by atoms with Crippen LogP contribution in [0.5, 0.6) is 0 Å². The molecule has 6 heteroatoms. The van der Waals surface area contributed by atoms with E-state index >= 15 is 0 Å². The van der Waals surface area contributed by atoms with Gasteiger partial charge in [0.15, 0.2) is 0 Å². The lowest BCUT2D eigenvalue weighted by molar-refractivity contribution is 0.0284. The number of nitrogens with zero attached hydrogens (tertiary/aromatic N) is 2. The summed E-state index contributed by atoms with van der Waals surface area (Å²) in [5.74, 6) is 0. The molecular weight excluding hydrogens is 212 g/mol. The molecule has 1 N–H and O–H groups in total. The topological polar surface area (TPSA) is 62.2 Å². The van der Waals surface area contributed by atoms with Crippen molar-refractivity contribution in [3.63, 3.8) is 0 Å². The number of hydrogen-bond acceptors (Lipinski definition) is 4. The molecule has 1 saturated heterocycles. The van der Waals surface area contributed by atoms with Gasteiger partial charge >= 0.3 is 6.03 Å². The van der Waals surface area contributed by atoms with Gasteiger partial charge in [-0.25, -0.2) is 4.79 Å². The number of amides is 2. The fraction of sp³-hybridized carbons (Fsp3) is 0.900. The van der Waals surface area contributed by atoms with Crippen LogP contribution in [0.1, 0.15) is 0 Å². The molecule has 16 heavy (non-hydrogen) atoms. The van der Waals surface area contributed by atoms with Crippen LogP contribution < -0.4 is 0 Å². The fourth-order valence-corrected chi connectivity index (χ4v) is 1.64. The van der Waals surface area contributed by atoms with Crippen LogP contribution in [0, 0.1) is 0 Å². The molecule has 1 atom stereocenters. The molecule has 1 heterocycles. The van der Waals surface area contributed by atoms with Gasteiger partial charge in [0, 0.05) is 27.2 Å². The standard InChI is InChI=1S/C10H20N2O4/c1-11(7-9(13)8-15-2)10(14)12-3-5-16-6-4-12/h9,13H,3-8H2,1-2H3. The maximum atomic E-state index is 11.9. The van der Waals surface area contributed by atoms with Gasteiger partial charge in [-0.05, 0) is 0 Å². The first kappa shape index (κ1) is 13.2. The zero-order valence-electron chi connectivity index (χ0n) is 9.89. The Bertz CT molecular complexity index is 219. The van der Waals surface area contributed by atoms with Crippen LogP contribution in [0.25, 0.3) is 0 Å². The molecule has 1 aliphatic rings. The predicted molar refractivity (Wildman–Crippen MR) is 58.3 cm³/mol. The summed E-state index contributed by atoms with van der Waals surface area (Å²) in [6.45, 7) is 2.91. The van der Waals surface area contributed by atoms with Gasteiger partial charge in [-0.15, -0.1) is 0 Å². The quantitative estimate of drug-likeness (QED) is 0.701. The first-order chi connectivity index (χ1) is 7.65. The van der Waals surface area contributed by atoms with E-state index < -0.39 is 6.10 Å². The summed E-state index contributed by atoms with van der Waals surface area (Å²) in [7, 11) is 3.20. The lowest BCUT2D eigenvalue weighted by atomic mass is 10.3. The third kappa shape index (κ3) is 3.96. The molecule has 6 nitrogen and oxygen atoms in total. The fourth-order valence-electron chi connectivity index (χ4n) is 1.64. The smallest absolute Gasteiger partial charge is 0.319 e. The van der Waals surface area contributed by atoms with E-state index in [1.165, 1.54) is 12.0 Å². The average Bonchev–Trinajstić information content (AvgIpc) is 2.29. The summed E-state index contributed by atoms with van der Waals surface area (Å²) < 4.78 is 9.98. The Morgan fingerprint density at radius 1 is 1.56 bits per heavy atom. The van der Waals surface area contributed by atoms with Crippen molar-refractivity contribution in [3.05, 3.63) is 0 Å². The number of methoxy groups -OCH3 is 1. The van der Waals surface area contributed by atoms with Crippen molar-refractivity contribution in [1.82, 2.24) is 9.80 Å². The molecule has 1 fully saturated rings. The van der Waals surface area contributed by atoms with E-state index in [1.54, 1.807) is 11.9 Å². The summed E-state index contributed by atoms with van der Waals surface area (Å²) in [6.07, 6.45) is -0.639. The SMILES string of the molecule is COCC(O)CN(C)C(=O)N1CCOCC1. The molecule has 1 aliphatic heterocycles. The third-order valence-corrected chi connectivity index (χ3v) is 2.45. The number of carbonyl (C=O) groups excluding carboxylic acids is 1. The molecule has 0 aromatic rings. The van der Waals surface area contributed by atoms with E-state index in [9.17, 15) is 9.90 Å². The number of hydrogen-bond donors (Lipinski definition) is 1. The predicted octanol–water partition coefficient (Wildman–Crippen LogP) is -0.622. The molecule has 0 aromatic carbocycles. The van der Waals surface area contributed by atoms with Gasteiger partial charge in [-0.1, -0.05) is 0 Å². The van der Waals surface area contributed by atoms with E-state index in [0.717, 1.165) is 0 Å². The minimum atomic E-state index is -0.639. The van der Waals surface area contributed by atoms with E-state index in [0.29, 0.717) is 26.3 Å². The zero-order valence-corrected chi connectivity index (χ0v) is 9.89. The van der Waals surface area contributed by atoms with Gasteiger partial charge in [-0.2, -0.15) is 0 Å². The molecule has 0 aliphatic carbocycles. The van der Waals surface area contributed by atoms with Crippen molar-refractivity contribution in [2.45, 2.75) is 6.10 Å². The number of urea groups is 1. The third-order valence-electron chi connectivity index (χ3n) is 2.45. The number of aliphatic hydroxyl groups is 1. The van der Waals surface area contributed by atoms with Crippen LogP contribution >= 0.6 is 0 Å². The lowest BCUT2D eigenvalue weighted by Gasteiger charge is -2.31. The van der Waals surface area contributed by atoms with Crippen molar-refractivity contribution in [3.8, 4) is 0 Å². The molecular formula is C10H20N2O4. The maximum Gasteiger partial charge on any atom is 0.319 e. The summed E-state index contributed by atoms with van der Waals surface area (Å²) >= 11 is 0. The highest BCUT2D eigenvalue weighted by Crippen LogP contribution is 2.02. The lowest BCUT2D eigenvalue weighted by Crippen LogP contribution is -2.48. The van der Waals surface area contributed by atoms with Crippen LogP contribution in [0.2, 0.25) is 0 Å². The largest absolute Gasteiger partial charge is 0.389 e. The molecule has 1 unspecified atom stereocenters. The first-order valence-electron chi connectivity index (χ1n) is 5.40. The van der Waals surface area contributed by atoms with Crippen molar-refractivity contribution in [1.29, 1.82) is 0 Å². The zero-order chi connectivity index (χ0) is 12.0. The number of ether oxygens (including phenoxy) is 2. The summed E-state index contributed by atoms with van der Waals surface area (Å²) in [6, 6.07) is -0.0709. The van der Waals surface area contributed by atoms with Gasteiger partial charge in [0.25, 0.3) is 0 Å². The normalized spacial score (nSPS) is 18.3. The highest BCUT2D eigenvalue weighted by atomic mass is 16.5. The number of morpholine rings is 1. The monoisotopic (exact) mass is 232 g/mol. The number of aliphatic hydroxyl groups excluding tert-OH is 1. The second-order valence-corrected chi connectivity index (χ2v) is 3.87. The van der Waals surface area contributed by atoms with E-state index in [2.05, 4.69) is 0 Å². The minimum Gasteiger partial charge on any atom is -0.389 e. The molecule has 2 amide bonds. The van der Waals surface area contributed by atoms with E-state index in [-0.39, 0.29) is 19.2 Å². The van der Waals surface area contributed by atoms with Gasteiger partial charge in [0.1, 0.15) is 0 Å². The highest BCUT2D eigenvalue weighted by Gasteiger charge is 2.21. The molecule has 0 radical (unpaired) electrons. The summed E-state index contributed by atoms with van der Waals surface area (Å²) in [4.78, 5) is 15.1. The molecule has 1 rings (SSSR count). The number of carbonyl (C=O) groups is 1. The van der Waals surface area contributed by atoms with Gasteiger partial charge in [0.2, 0.25) is 0 Å². The molecule has 0 bridgehead atoms. The van der Waals surface area contributed by atoms with Crippen molar-refractivity contribution in [2.75, 3.05) is 53.6 Å². The second-order valence-electron chi connectivity index (χ2n) is 3.87. The van der Waals surface area contributed by atoms with Gasteiger partial charge in [-0.3, -0.25) is 0 Å². The Hall–Kier alpha value is -0.850. The Morgan fingerprint density at radius 2 is 2.19 bits per heavy atom. The van der Waals surface area contributed by atoms with Crippen LogP contribution in [-0.2, 0) is 9.47 Å². The Labute approximate surface area is 95.7 Å². The number of rotatable bonds is 4. The van der Waals surface area contributed by atoms with Crippen molar-refractivity contribution >= 4 is 6.03 Å². The molecule has 94 valence electrons. The van der Waals surface area contributed by atoms with Gasteiger partial charge in [0.05, 0.1) is 32.5 Å². The Kier molecular flexibility index (Phi) is 5.51. The van der Waals surface area contributed by atoms with Gasteiger partial charge < -0.3 is 24.4 Å². The minimum absolute atomic E-state index is 0.0709. The number of likely N-dealkylation sites (N-methyl/N-ethyl adjacent to an activating group) is 1. The molecule has 0 aromatic heterocycles. The van der Waals surface area contributed by atoms with Crippen molar-refractivity contribution in [2.24, 2.45) is 0 Å².